The van der Waals surface area contributed by atoms with Gasteiger partial charge in [0, 0.05) is 0 Å². The lowest BCUT2D eigenvalue weighted by Gasteiger charge is -2.14. The van der Waals surface area contributed by atoms with E-state index in [1.54, 1.807) is 0 Å². The summed E-state index contributed by atoms with van der Waals surface area (Å²) in [6, 6.07) is -1.06. The molecule has 0 radical (unpaired) electrons. The maximum absolute atomic E-state index is 11.4. The van der Waals surface area contributed by atoms with Crippen molar-refractivity contribution in [3.8, 4) is 0 Å². The summed E-state index contributed by atoms with van der Waals surface area (Å²) in [5.41, 5.74) is 5.51. The van der Waals surface area contributed by atoms with Crippen molar-refractivity contribution in [2.24, 2.45) is 5.73 Å². The van der Waals surface area contributed by atoms with Gasteiger partial charge in [-0.25, -0.2) is 0 Å². The number of unbranched alkanes of at least 4 members (excludes halogenated alkanes) is 19. The first-order valence-electron chi connectivity index (χ1n) is 14.9. The van der Waals surface area contributed by atoms with Crippen molar-refractivity contribution in [3.63, 3.8) is 0 Å². The molecule has 0 saturated carbocycles. The Morgan fingerprint density at radius 1 is 0.571 bits per heavy atom. The minimum Gasteiger partial charge on any atom is -0.480 e. The maximum Gasteiger partial charge on any atom is 0.320 e. The van der Waals surface area contributed by atoms with Crippen molar-refractivity contribution in [1.29, 1.82) is 0 Å². The Kier molecular flexibility index (Phi) is 25.1. The van der Waals surface area contributed by atoms with Gasteiger partial charge in [-0.3, -0.25) is 9.59 Å². The van der Waals surface area contributed by atoms with Crippen LogP contribution in [0.25, 0.3) is 0 Å². The van der Waals surface area contributed by atoms with E-state index in [0.29, 0.717) is 6.42 Å². The van der Waals surface area contributed by atoms with Crippen molar-refractivity contribution in [1.82, 2.24) is 5.32 Å². The normalized spacial score (nSPS) is 13.1. The molecule has 0 fully saturated rings. The summed E-state index contributed by atoms with van der Waals surface area (Å²) in [5.74, 6) is -1.58. The Morgan fingerprint density at radius 2 is 0.943 bits per heavy atom. The summed E-state index contributed by atoms with van der Waals surface area (Å²) in [7, 11) is 0. The molecule has 0 saturated heterocycles. The third-order valence-electron chi connectivity index (χ3n) is 7.04. The second-order valence-corrected chi connectivity index (χ2v) is 10.4. The lowest BCUT2D eigenvalue weighted by Crippen LogP contribution is -2.37. The number of nitrogens with two attached hydrogens (primary N) is 1. The average Bonchev–Trinajstić information content (AvgIpc) is 2.83. The summed E-state index contributed by atoms with van der Waals surface area (Å²) >= 11 is 0. The molecule has 0 aliphatic heterocycles. The lowest BCUT2D eigenvalue weighted by molar-refractivity contribution is -0.140. The summed E-state index contributed by atoms with van der Waals surface area (Å²) < 4.78 is 0. The molecular formula is C29H58N2O4. The molecule has 0 heterocycles. The van der Waals surface area contributed by atoms with Gasteiger partial charge in [0.15, 0.2) is 0 Å². The smallest absolute Gasteiger partial charge is 0.320 e. The third-order valence-corrected chi connectivity index (χ3v) is 7.04. The molecule has 5 N–H and O–H groups in total. The zero-order chi connectivity index (χ0) is 26.0. The topological polar surface area (TPSA) is 113 Å². The van der Waals surface area contributed by atoms with Crippen molar-refractivity contribution in [3.05, 3.63) is 0 Å². The first kappa shape index (κ1) is 33.9. The van der Waals surface area contributed by atoms with Crippen LogP contribution in [0, 0.1) is 0 Å². The van der Waals surface area contributed by atoms with Crippen LogP contribution < -0.4 is 11.1 Å². The van der Waals surface area contributed by atoms with E-state index in [0.717, 1.165) is 45.1 Å². The van der Waals surface area contributed by atoms with E-state index in [9.17, 15) is 14.7 Å². The molecule has 0 aromatic heterocycles. The molecule has 0 bridgehead atoms. The van der Waals surface area contributed by atoms with Crippen LogP contribution in [0.3, 0.4) is 0 Å². The van der Waals surface area contributed by atoms with Crippen molar-refractivity contribution in [2.45, 2.75) is 167 Å². The van der Waals surface area contributed by atoms with Gasteiger partial charge in [-0.1, -0.05) is 135 Å². The first-order chi connectivity index (χ1) is 17.0. The van der Waals surface area contributed by atoms with Gasteiger partial charge < -0.3 is 21.3 Å². The van der Waals surface area contributed by atoms with Crippen LogP contribution in [-0.4, -0.2) is 40.8 Å². The molecule has 2 atom stereocenters. The van der Waals surface area contributed by atoms with E-state index in [1.807, 2.05) is 0 Å². The average molecular weight is 499 g/mol. The number of carbonyl (C=O) groups is 2. The van der Waals surface area contributed by atoms with Crippen LogP contribution in [0.1, 0.15) is 155 Å². The molecule has 0 aliphatic carbocycles. The summed E-state index contributed by atoms with van der Waals surface area (Å²) in [6.45, 7) is 3.01. The Bertz CT molecular complexity index is 487. The van der Waals surface area contributed by atoms with Gasteiger partial charge in [-0.15, -0.1) is 0 Å². The third kappa shape index (κ3) is 24.3. The molecule has 0 rings (SSSR count). The van der Waals surface area contributed by atoms with Crippen LogP contribution in [0.4, 0.5) is 0 Å². The Hall–Kier alpha value is -1.14. The molecule has 208 valence electrons. The fraction of sp³-hybridized carbons (Fsp3) is 0.931. The minimum atomic E-state index is -0.885. The van der Waals surface area contributed by atoms with Crippen LogP contribution in [0.15, 0.2) is 0 Å². The number of nitrogens with one attached hydrogen (secondary N) is 1. The molecule has 0 aliphatic rings. The van der Waals surface area contributed by atoms with Gasteiger partial charge in [0.1, 0.15) is 12.1 Å². The van der Waals surface area contributed by atoms with E-state index in [-0.39, 0.29) is 6.04 Å². The van der Waals surface area contributed by atoms with Gasteiger partial charge >= 0.3 is 11.9 Å². The van der Waals surface area contributed by atoms with Crippen LogP contribution >= 0.6 is 0 Å². The fourth-order valence-electron chi connectivity index (χ4n) is 4.63. The van der Waals surface area contributed by atoms with Crippen LogP contribution in [0.5, 0.6) is 0 Å². The number of carboxylic acid groups (broad SMARTS) is 2. The van der Waals surface area contributed by atoms with Crippen molar-refractivity contribution < 1.29 is 19.8 Å². The molecule has 6 nitrogen and oxygen atoms in total. The van der Waals surface area contributed by atoms with Crippen LogP contribution in [0.2, 0.25) is 0 Å². The highest BCUT2D eigenvalue weighted by molar-refractivity contribution is 5.73. The van der Waals surface area contributed by atoms with Gasteiger partial charge in [0.2, 0.25) is 0 Å². The standard InChI is InChI=1S/C29H58N2O4/c1-2-3-4-22-25-31-27(29(34)35)24-21-19-17-15-13-11-9-7-5-6-8-10-12-14-16-18-20-23-26(30)28(32)33/h26-27,31H,2-25,30H2,1H3,(H,32,33)(H,34,35). The molecule has 0 amide bonds. The van der Waals surface area contributed by atoms with Crippen molar-refractivity contribution in [2.75, 3.05) is 6.54 Å². The predicted octanol–water partition coefficient (Wildman–Crippen LogP) is 7.43. The van der Waals surface area contributed by atoms with Crippen molar-refractivity contribution >= 4 is 11.9 Å². The predicted molar refractivity (Wildman–Crippen MR) is 147 cm³/mol. The highest BCUT2D eigenvalue weighted by atomic mass is 16.4. The largest absolute Gasteiger partial charge is 0.480 e. The minimum absolute atomic E-state index is 0.369. The highest BCUT2D eigenvalue weighted by Gasteiger charge is 2.15. The Labute approximate surface area is 216 Å². The molecule has 2 unspecified atom stereocenters. The maximum atomic E-state index is 11.4. The summed E-state index contributed by atoms with van der Waals surface area (Å²) in [4.78, 5) is 22.0. The van der Waals surface area contributed by atoms with E-state index in [4.69, 9.17) is 10.8 Å². The van der Waals surface area contributed by atoms with E-state index in [1.165, 1.54) is 103 Å². The zero-order valence-electron chi connectivity index (χ0n) is 22.9. The van der Waals surface area contributed by atoms with Gasteiger partial charge in [0.05, 0.1) is 0 Å². The molecular weight excluding hydrogens is 440 g/mol. The second kappa shape index (κ2) is 25.9. The summed E-state index contributed by atoms with van der Waals surface area (Å²) in [6.07, 6.45) is 27.2. The molecule has 0 spiro atoms. The number of aliphatic carboxylic acids is 2. The molecule has 35 heavy (non-hydrogen) atoms. The number of hydrogen-bond donors (Lipinski definition) is 4. The van der Waals surface area contributed by atoms with Gasteiger partial charge in [-0.2, -0.15) is 0 Å². The molecule has 0 aromatic rings. The van der Waals surface area contributed by atoms with Gasteiger partial charge in [-0.05, 0) is 25.8 Å². The lowest BCUT2D eigenvalue weighted by atomic mass is 10.0. The first-order valence-corrected chi connectivity index (χ1v) is 14.9. The number of carboxylic acids is 2. The molecule has 6 heteroatoms. The highest BCUT2D eigenvalue weighted by Crippen LogP contribution is 2.15. The van der Waals surface area contributed by atoms with E-state index < -0.39 is 18.0 Å². The van der Waals surface area contributed by atoms with E-state index in [2.05, 4.69) is 12.2 Å². The van der Waals surface area contributed by atoms with E-state index >= 15 is 0 Å². The zero-order valence-corrected chi connectivity index (χ0v) is 22.9. The quantitative estimate of drug-likeness (QED) is 0.0834. The SMILES string of the molecule is CCCCCCNC(CCCCCCCCCCCCCCCCCCCC(N)C(=O)O)C(=O)O. The fourth-order valence-corrected chi connectivity index (χ4v) is 4.63. The second-order valence-electron chi connectivity index (χ2n) is 10.4. The van der Waals surface area contributed by atoms with Gasteiger partial charge in [0.25, 0.3) is 0 Å². The Balaban J connectivity index is 3.31. The number of hydrogen-bond acceptors (Lipinski definition) is 4. The number of rotatable bonds is 28. The molecule has 0 aromatic carbocycles. The summed E-state index contributed by atoms with van der Waals surface area (Å²) in [5, 5.41) is 21.3. The van der Waals surface area contributed by atoms with Crippen LogP contribution in [-0.2, 0) is 9.59 Å². The Morgan fingerprint density at radius 3 is 1.31 bits per heavy atom. The monoisotopic (exact) mass is 498 g/mol.